The van der Waals surface area contributed by atoms with Crippen LogP contribution in [0, 0.1) is 6.92 Å². The maximum Gasteiger partial charge on any atom is 0.254 e. The summed E-state index contributed by atoms with van der Waals surface area (Å²) in [7, 11) is 1.83. The topological polar surface area (TPSA) is 59.2 Å². The van der Waals surface area contributed by atoms with Gasteiger partial charge in [-0.05, 0) is 38.9 Å². The van der Waals surface area contributed by atoms with E-state index in [2.05, 4.69) is 4.98 Å². The van der Waals surface area contributed by atoms with E-state index in [-0.39, 0.29) is 11.9 Å². The molecule has 1 aromatic carbocycles. The maximum atomic E-state index is 12.7. The largest absolute Gasteiger partial charge is 0.339 e. The molecule has 4 heteroatoms. The number of aryl methyl sites for hydroxylation is 1. The van der Waals surface area contributed by atoms with Crippen molar-refractivity contribution in [2.75, 3.05) is 13.6 Å². The average molecular weight is 271 g/mol. The number of para-hydroxylation sites is 1. The molecule has 0 aliphatic carbocycles. The number of rotatable bonds is 4. The van der Waals surface area contributed by atoms with Gasteiger partial charge in [0.15, 0.2) is 0 Å². The zero-order valence-corrected chi connectivity index (χ0v) is 12.3. The normalized spacial score (nSPS) is 12.4. The Morgan fingerprint density at radius 2 is 2.10 bits per heavy atom. The molecule has 0 fully saturated rings. The highest BCUT2D eigenvalue weighted by Crippen LogP contribution is 2.20. The lowest BCUT2D eigenvalue weighted by atomic mass is 10.1. The Kier molecular flexibility index (Phi) is 4.35. The molecule has 2 aromatic rings. The summed E-state index contributed by atoms with van der Waals surface area (Å²) in [4.78, 5) is 18.9. The summed E-state index contributed by atoms with van der Waals surface area (Å²) < 4.78 is 0. The van der Waals surface area contributed by atoms with Gasteiger partial charge in [-0.1, -0.05) is 18.2 Å². The molecule has 0 bridgehead atoms. The Labute approximate surface area is 119 Å². The fourth-order valence-corrected chi connectivity index (χ4v) is 2.31. The van der Waals surface area contributed by atoms with Gasteiger partial charge >= 0.3 is 0 Å². The molecule has 1 aromatic heterocycles. The van der Waals surface area contributed by atoms with Gasteiger partial charge in [-0.25, -0.2) is 0 Å². The molecule has 20 heavy (non-hydrogen) atoms. The third-order valence-corrected chi connectivity index (χ3v) is 3.64. The quantitative estimate of drug-likeness (QED) is 0.928. The van der Waals surface area contributed by atoms with Crippen molar-refractivity contribution in [1.82, 2.24) is 9.88 Å². The molecule has 4 nitrogen and oxygen atoms in total. The fourth-order valence-electron chi connectivity index (χ4n) is 2.31. The minimum Gasteiger partial charge on any atom is -0.339 e. The second-order valence-corrected chi connectivity index (χ2v) is 5.17. The van der Waals surface area contributed by atoms with Crippen LogP contribution in [0.1, 0.15) is 29.4 Å². The summed E-state index contributed by atoms with van der Waals surface area (Å²) >= 11 is 0. The number of hydrogen-bond donors (Lipinski definition) is 1. The molecular weight excluding hydrogens is 250 g/mol. The zero-order chi connectivity index (χ0) is 14.7. The lowest BCUT2D eigenvalue weighted by Gasteiger charge is -2.25. The number of hydrogen-bond acceptors (Lipinski definition) is 3. The van der Waals surface area contributed by atoms with Crippen LogP contribution >= 0.6 is 0 Å². The lowest BCUT2D eigenvalue weighted by Crippen LogP contribution is -2.36. The maximum absolute atomic E-state index is 12.7. The number of benzene rings is 1. The van der Waals surface area contributed by atoms with E-state index in [0.717, 1.165) is 23.0 Å². The number of pyridine rings is 1. The Morgan fingerprint density at radius 1 is 1.40 bits per heavy atom. The highest BCUT2D eigenvalue weighted by Gasteiger charge is 2.19. The van der Waals surface area contributed by atoms with Crippen molar-refractivity contribution in [1.29, 1.82) is 0 Å². The predicted octanol–water partition coefficient (Wildman–Crippen LogP) is 2.35. The van der Waals surface area contributed by atoms with Crippen LogP contribution in [0.15, 0.2) is 30.3 Å². The Balaban J connectivity index is 2.44. The number of carbonyl (C=O) groups excluding carboxylic acids is 1. The Bertz CT molecular complexity index is 624. The van der Waals surface area contributed by atoms with Crippen molar-refractivity contribution in [3.63, 3.8) is 0 Å². The fraction of sp³-hybridized carbons (Fsp3) is 0.375. The van der Waals surface area contributed by atoms with Gasteiger partial charge in [-0.2, -0.15) is 0 Å². The average Bonchev–Trinajstić information content (AvgIpc) is 2.45. The Hall–Kier alpha value is -1.94. The second-order valence-electron chi connectivity index (χ2n) is 5.17. The summed E-state index contributed by atoms with van der Waals surface area (Å²) in [5.41, 5.74) is 7.99. The first kappa shape index (κ1) is 14.5. The van der Waals surface area contributed by atoms with E-state index in [9.17, 15) is 4.79 Å². The van der Waals surface area contributed by atoms with Crippen LogP contribution < -0.4 is 5.73 Å². The number of nitrogens with two attached hydrogens (primary N) is 1. The van der Waals surface area contributed by atoms with Crippen LogP contribution in [0.25, 0.3) is 10.9 Å². The molecule has 0 saturated heterocycles. The highest BCUT2D eigenvalue weighted by atomic mass is 16.2. The number of amides is 1. The number of aromatic nitrogens is 1. The van der Waals surface area contributed by atoms with Gasteiger partial charge in [0.25, 0.3) is 5.91 Å². The first-order chi connectivity index (χ1) is 9.54. The van der Waals surface area contributed by atoms with Crippen molar-refractivity contribution < 1.29 is 4.79 Å². The Morgan fingerprint density at radius 3 is 2.80 bits per heavy atom. The molecule has 0 aliphatic rings. The SMILES string of the molecule is Cc1cc(C(=O)N(C)C(C)CCN)c2ccccc2n1. The van der Waals surface area contributed by atoms with Crippen molar-refractivity contribution in [3.8, 4) is 0 Å². The van der Waals surface area contributed by atoms with Crippen LogP contribution in [0.5, 0.6) is 0 Å². The predicted molar refractivity (Wildman–Crippen MR) is 81.7 cm³/mol. The van der Waals surface area contributed by atoms with E-state index in [1.165, 1.54) is 0 Å². The van der Waals surface area contributed by atoms with Crippen LogP contribution in [0.3, 0.4) is 0 Å². The first-order valence-electron chi connectivity index (χ1n) is 6.88. The van der Waals surface area contributed by atoms with E-state index < -0.39 is 0 Å². The van der Waals surface area contributed by atoms with Gasteiger partial charge in [0.05, 0.1) is 11.1 Å². The molecule has 1 atom stereocenters. The molecule has 1 heterocycles. The molecule has 0 radical (unpaired) electrons. The number of fused-ring (bicyclic) bond motifs is 1. The van der Waals surface area contributed by atoms with Crippen LogP contribution in [-0.2, 0) is 0 Å². The number of carbonyl (C=O) groups is 1. The summed E-state index contributed by atoms with van der Waals surface area (Å²) in [5, 5.41) is 0.898. The van der Waals surface area contributed by atoms with Crippen LogP contribution in [-0.4, -0.2) is 35.4 Å². The summed E-state index contributed by atoms with van der Waals surface area (Å²) in [6.45, 7) is 4.50. The number of nitrogens with zero attached hydrogens (tertiary/aromatic N) is 2. The van der Waals surface area contributed by atoms with E-state index in [4.69, 9.17) is 5.73 Å². The first-order valence-corrected chi connectivity index (χ1v) is 6.88. The van der Waals surface area contributed by atoms with Gasteiger partial charge in [0.1, 0.15) is 0 Å². The molecule has 1 unspecified atom stereocenters. The lowest BCUT2D eigenvalue weighted by molar-refractivity contribution is 0.0741. The summed E-state index contributed by atoms with van der Waals surface area (Å²) in [5.74, 6) is 0.0210. The minimum atomic E-state index is 0.0210. The van der Waals surface area contributed by atoms with Crippen molar-refractivity contribution in [2.24, 2.45) is 5.73 Å². The van der Waals surface area contributed by atoms with Gasteiger partial charge in [0.2, 0.25) is 0 Å². The van der Waals surface area contributed by atoms with Crippen molar-refractivity contribution in [3.05, 3.63) is 41.6 Å². The zero-order valence-electron chi connectivity index (χ0n) is 12.3. The molecule has 0 aliphatic heterocycles. The van der Waals surface area contributed by atoms with Gasteiger partial charge in [0, 0.05) is 24.2 Å². The molecule has 0 spiro atoms. The molecule has 1 amide bonds. The third kappa shape index (κ3) is 2.80. The van der Waals surface area contributed by atoms with Gasteiger partial charge in [-0.15, -0.1) is 0 Å². The van der Waals surface area contributed by atoms with E-state index in [1.54, 1.807) is 4.90 Å². The molecule has 2 N–H and O–H groups in total. The van der Waals surface area contributed by atoms with Gasteiger partial charge in [-0.3, -0.25) is 9.78 Å². The minimum absolute atomic E-state index is 0.0210. The molecule has 0 saturated carbocycles. The van der Waals surface area contributed by atoms with E-state index in [1.807, 2.05) is 51.2 Å². The highest BCUT2D eigenvalue weighted by molar-refractivity contribution is 6.06. The van der Waals surface area contributed by atoms with Crippen LogP contribution in [0.4, 0.5) is 0 Å². The van der Waals surface area contributed by atoms with Crippen molar-refractivity contribution in [2.45, 2.75) is 26.3 Å². The smallest absolute Gasteiger partial charge is 0.254 e. The van der Waals surface area contributed by atoms with Crippen molar-refractivity contribution >= 4 is 16.8 Å². The van der Waals surface area contributed by atoms with E-state index in [0.29, 0.717) is 12.1 Å². The summed E-state index contributed by atoms with van der Waals surface area (Å²) in [6.07, 6.45) is 0.796. The third-order valence-electron chi connectivity index (χ3n) is 3.64. The molecule has 2 rings (SSSR count). The van der Waals surface area contributed by atoms with E-state index >= 15 is 0 Å². The van der Waals surface area contributed by atoms with Crippen LogP contribution in [0.2, 0.25) is 0 Å². The van der Waals surface area contributed by atoms with Gasteiger partial charge < -0.3 is 10.6 Å². The second kappa shape index (κ2) is 6.01. The molecule has 106 valence electrons. The standard InChI is InChI=1S/C16H21N3O/c1-11-10-14(13-6-4-5-7-15(13)18-11)16(20)19(3)12(2)8-9-17/h4-7,10,12H,8-9,17H2,1-3H3. The summed E-state index contributed by atoms with van der Waals surface area (Å²) in [6, 6.07) is 9.72. The monoisotopic (exact) mass is 271 g/mol. The molecular formula is C16H21N3O.